The molecule has 1 N–H and O–H groups in total. The third-order valence-electron chi connectivity index (χ3n) is 3.65. The molecule has 27 heavy (non-hydrogen) atoms. The summed E-state index contributed by atoms with van der Waals surface area (Å²) < 4.78 is 13.2. The number of carbonyl (C=O) groups is 2. The van der Waals surface area contributed by atoms with Crippen LogP contribution in [-0.4, -0.2) is 28.3 Å². The van der Waals surface area contributed by atoms with Gasteiger partial charge in [0, 0.05) is 16.9 Å². The second-order valence-electron chi connectivity index (χ2n) is 5.75. The standard InChI is InChI=1S/C19H18BrN3O4/c1-2-10-26-19(25)15-11-13(20)4-6-16(15)22-18(24)17-7-5-14(27-17)12-23-9-3-8-21-23/h3-9,11H,2,10,12H2,1H3,(H,22,24). The molecule has 0 aliphatic carbocycles. The lowest BCUT2D eigenvalue weighted by Gasteiger charge is -2.10. The fraction of sp³-hybridized carbons (Fsp3) is 0.211. The first-order valence-corrected chi connectivity index (χ1v) is 9.20. The molecule has 0 fully saturated rings. The summed E-state index contributed by atoms with van der Waals surface area (Å²) in [7, 11) is 0. The van der Waals surface area contributed by atoms with Crippen LogP contribution in [-0.2, 0) is 11.3 Å². The van der Waals surface area contributed by atoms with Gasteiger partial charge in [0.05, 0.1) is 24.4 Å². The number of anilines is 1. The molecule has 7 nitrogen and oxygen atoms in total. The van der Waals surface area contributed by atoms with Crippen molar-refractivity contribution in [2.24, 2.45) is 0 Å². The van der Waals surface area contributed by atoms with Crippen LogP contribution in [0.25, 0.3) is 0 Å². The minimum absolute atomic E-state index is 0.146. The van der Waals surface area contributed by atoms with Gasteiger partial charge in [0.15, 0.2) is 5.76 Å². The second kappa shape index (κ2) is 8.68. The number of nitrogens with zero attached hydrogens (tertiary/aromatic N) is 2. The van der Waals surface area contributed by atoms with Crippen LogP contribution in [0, 0.1) is 0 Å². The topological polar surface area (TPSA) is 86.4 Å². The zero-order valence-corrected chi connectivity index (χ0v) is 16.2. The minimum Gasteiger partial charge on any atom is -0.462 e. The molecule has 0 spiro atoms. The first kappa shape index (κ1) is 18.9. The molecule has 3 rings (SSSR count). The number of hydrogen-bond acceptors (Lipinski definition) is 5. The van der Waals surface area contributed by atoms with Gasteiger partial charge in [-0.1, -0.05) is 22.9 Å². The zero-order chi connectivity index (χ0) is 19.2. The molecule has 0 aliphatic heterocycles. The molecule has 0 unspecified atom stereocenters. The Morgan fingerprint density at radius 2 is 2.15 bits per heavy atom. The average Bonchev–Trinajstić information content (AvgIpc) is 3.33. The van der Waals surface area contributed by atoms with Crippen molar-refractivity contribution in [1.82, 2.24) is 9.78 Å². The Balaban J connectivity index is 1.74. The number of hydrogen-bond donors (Lipinski definition) is 1. The van der Waals surface area contributed by atoms with Gasteiger partial charge in [-0.05, 0) is 42.8 Å². The van der Waals surface area contributed by atoms with E-state index in [4.69, 9.17) is 9.15 Å². The van der Waals surface area contributed by atoms with E-state index in [-0.39, 0.29) is 11.3 Å². The maximum atomic E-state index is 12.5. The Hall–Kier alpha value is -2.87. The molecule has 0 saturated heterocycles. The summed E-state index contributed by atoms with van der Waals surface area (Å²) in [6, 6.07) is 10.1. The lowest BCUT2D eigenvalue weighted by atomic mass is 10.1. The molecule has 1 aromatic carbocycles. The van der Waals surface area contributed by atoms with Crippen molar-refractivity contribution >= 4 is 33.5 Å². The highest BCUT2D eigenvalue weighted by atomic mass is 79.9. The number of ether oxygens (including phenoxy) is 1. The van der Waals surface area contributed by atoms with Crippen LogP contribution in [0.1, 0.15) is 40.0 Å². The van der Waals surface area contributed by atoms with Gasteiger partial charge in [0.2, 0.25) is 0 Å². The Kier molecular flexibility index (Phi) is 6.08. The molecule has 8 heteroatoms. The number of benzene rings is 1. The average molecular weight is 432 g/mol. The van der Waals surface area contributed by atoms with Gasteiger partial charge >= 0.3 is 5.97 Å². The number of rotatable bonds is 7. The number of aromatic nitrogens is 2. The van der Waals surface area contributed by atoms with Crippen molar-refractivity contribution in [2.45, 2.75) is 19.9 Å². The number of nitrogens with one attached hydrogen (secondary N) is 1. The van der Waals surface area contributed by atoms with Gasteiger partial charge in [-0.2, -0.15) is 5.10 Å². The molecule has 3 aromatic rings. The Bertz CT molecular complexity index is 934. The molecule has 0 aliphatic rings. The van der Waals surface area contributed by atoms with Gasteiger partial charge in [0.25, 0.3) is 5.91 Å². The van der Waals surface area contributed by atoms with Gasteiger partial charge in [-0.25, -0.2) is 4.79 Å². The molecular formula is C19H18BrN3O4. The third kappa shape index (κ3) is 4.85. The highest BCUT2D eigenvalue weighted by molar-refractivity contribution is 9.10. The van der Waals surface area contributed by atoms with Crippen LogP contribution in [0.15, 0.2) is 57.7 Å². The number of halogens is 1. The van der Waals surface area contributed by atoms with Crippen molar-refractivity contribution in [1.29, 1.82) is 0 Å². The number of esters is 1. The highest BCUT2D eigenvalue weighted by Gasteiger charge is 2.18. The number of carbonyl (C=O) groups excluding carboxylic acids is 2. The molecular weight excluding hydrogens is 414 g/mol. The van der Waals surface area contributed by atoms with E-state index in [1.807, 2.05) is 13.0 Å². The quantitative estimate of drug-likeness (QED) is 0.568. The van der Waals surface area contributed by atoms with Crippen molar-refractivity contribution in [2.75, 3.05) is 11.9 Å². The summed E-state index contributed by atoms with van der Waals surface area (Å²) in [6.07, 6.45) is 4.19. The fourth-order valence-electron chi connectivity index (χ4n) is 2.39. The lowest BCUT2D eigenvalue weighted by molar-refractivity contribution is 0.0506. The normalized spacial score (nSPS) is 10.6. The predicted octanol–water partition coefficient (Wildman–Crippen LogP) is 4.11. The lowest BCUT2D eigenvalue weighted by Crippen LogP contribution is -2.15. The molecule has 0 bridgehead atoms. The second-order valence-corrected chi connectivity index (χ2v) is 6.67. The Labute approximate surface area is 164 Å². The predicted molar refractivity (Wildman–Crippen MR) is 103 cm³/mol. The molecule has 2 aromatic heterocycles. The maximum absolute atomic E-state index is 12.5. The molecule has 0 saturated carbocycles. The molecule has 0 radical (unpaired) electrons. The fourth-order valence-corrected chi connectivity index (χ4v) is 2.75. The van der Waals surface area contributed by atoms with Crippen LogP contribution in [0.5, 0.6) is 0 Å². The molecule has 140 valence electrons. The summed E-state index contributed by atoms with van der Waals surface area (Å²) in [5.41, 5.74) is 0.629. The van der Waals surface area contributed by atoms with E-state index in [1.54, 1.807) is 47.4 Å². The first-order valence-electron chi connectivity index (χ1n) is 8.41. The molecule has 1 amide bonds. The largest absolute Gasteiger partial charge is 0.462 e. The van der Waals surface area contributed by atoms with Crippen molar-refractivity contribution < 1.29 is 18.7 Å². The Morgan fingerprint density at radius 3 is 2.89 bits per heavy atom. The molecule has 2 heterocycles. The van der Waals surface area contributed by atoms with Crippen LogP contribution < -0.4 is 5.32 Å². The van der Waals surface area contributed by atoms with Gasteiger partial charge in [0.1, 0.15) is 5.76 Å². The smallest absolute Gasteiger partial charge is 0.340 e. The zero-order valence-electron chi connectivity index (χ0n) is 14.6. The third-order valence-corrected chi connectivity index (χ3v) is 4.14. The summed E-state index contributed by atoms with van der Waals surface area (Å²) in [4.78, 5) is 24.8. The van der Waals surface area contributed by atoms with Crippen molar-refractivity contribution in [3.63, 3.8) is 0 Å². The number of furan rings is 1. The van der Waals surface area contributed by atoms with E-state index in [9.17, 15) is 9.59 Å². The van der Waals surface area contributed by atoms with Crippen LogP contribution in [0.3, 0.4) is 0 Å². The van der Waals surface area contributed by atoms with E-state index in [2.05, 4.69) is 26.3 Å². The van der Waals surface area contributed by atoms with Crippen LogP contribution in [0.2, 0.25) is 0 Å². The highest BCUT2D eigenvalue weighted by Crippen LogP contribution is 2.23. The summed E-state index contributed by atoms with van der Waals surface area (Å²) >= 11 is 3.33. The summed E-state index contributed by atoms with van der Waals surface area (Å²) in [6.45, 7) is 2.65. The first-order chi connectivity index (χ1) is 13.1. The Morgan fingerprint density at radius 1 is 1.30 bits per heavy atom. The van der Waals surface area contributed by atoms with E-state index in [0.717, 1.165) is 0 Å². The van der Waals surface area contributed by atoms with Crippen molar-refractivity contribution in [3.8, 4) is 0 Å². The monoisotopic (exact) mass is 431 g/mol. The summed E-state index contributed by atoms with van der Waals surface area (Å²) in [5.74, 6) is -0.198. The number of amides is 1. The van der Waals surface area contributed by atoms with Crippen LogP contribution >= 0.6 is 15.9 Å². The van der Waals surface area contributed by atoms with Crippen LogP contribution in [0.4, 0.5) is 5.69 Å². The minimum atomic E-state index is -0.493. The van der Waals surface area contributed by atoms with E-state index >= 15 is 0 Å². The van der Waals surface area contributed by atoms with E-state index < -0.39 is 11.9 Å². The van der Waals surface area contributed by atoms with E-state index in [0.29, 0.717) is 35.5 Å². The van der Waals surface area contributed by atoms with Gasteiger partial charge in [-0.15, -0.1) is 0 Å². The van der Waals surface area contributed by atoms with Gasteiger partial charge < -0.3 is 14.5 Å². The SMILES string of the molecule is CCCOC(=O)c1cc(Br)ccc1NC(=O)c1ccc(Cn2cccn2)o1. The van der Waals surface area contributed by atoms with Crippen molar-refractivity contribution in [3.05, 3.63) is 70.3 Å². The van der Waals surface area contributed by atoms with E-state index in [1.165, 1.54) is 0 Å². The maximum Gasteiger partial charge on any atom is 0.340 e. The summed E-state index contributed by atoms with van der Waals surface area (Å²) in [5, 5.41) is 6.80. The van der Waals surface area contributed by atoms with Gasteiger partial charge in [-0.3, -0.25) is 9.48 Å². The molecule has 0 atom stereocenters.